The number of methoxy groups -OCH3 is 2. The second-order valence-electron chi connectivity index (χ2n) is 4.07. The van der Waals surface area contributed by atoms with E-state index in [0.29, 0.717) is 17.9 Å². The molecule has 0 saturated heterocycles. The lowest BCUT2D eigenvalue weighted by atomic mass is 10.3. The first-order valence-electron chi connectivity index (χ1n) is 5.84. The van der Waals surface area contributed by atoms with Crippen LogP contribution < -0.4 is 4.74 Å². The molecule has 0 spiro atoms. The van der Waals surface area contributed by atoms with Gasteiger partial charge in [-0.3, -0.25) is 0 Å². The molecule has 0 unspecified atom stereocenters. The van der Waals surface area contributed by atoms with Crippen molar-refractivity contribution >= 4 is 9.84 Å². The second-order valence-corrected chi connectivity index (χ2v) is 6.07. The molecule has 0 bridgehead atoms. The smallest absolute Gasteiger partial charge is 0.206 e. The van der Waals surface area contributed by atoms with Crippen LogP contribution in [-0.2, 0) is 14.6 Å². The quantitative estimate of drug-likeness (QED) is 0.726. The SMILES string of the molecule is C=C(/C=C\C(=C)S(=O)(=O)c1ccc(OC)cc1)COC. The van der Waals surface area contributed by atoms with Crippen LogP contribution in [0.1, 0.15) is 0 Å². The van der Waals surface area contributed by atoms with Crippen molar-refractivity contribution in [2.24, 2.45) is 0 Å². The first-order chi connectivity index (χ1) is 9.41. The molecular weight excluding hydrogens is 276 g/mol. The monoisotopic (exact) mass is 294 g/mol. The minimum atomic E-state index is -3.59. The summed E-state index contributed by atoms with van der Waals surface area (Å²) in [6.45, 7) is 7.66. The molecule has 1 rings (SSSR count). The number of ether oxygens (including phenoxy) is 2. The Labute approximate surface area is 119 Å². The van der Waals surface area contributed by atoms with Gasteiger partial charge in [0, 0.05) is 7.11 Å². The van der Waals surface area contributed by atoms with Gasteiger partial charge in [0.2, 0.25) is 9.84 Å². The van der Waals surface area contributed by atoms with Crippen LogP contribution in [0.15, 0.2) is 64.9 Å². The summed E-state index contributed by atoms with van der Waals surface area (Å²) >= 11 is 0. The Hall–Kier alpha value is -1.85. The van der Waals surface area contributed by atoms with Crippen LogP contribution >= 0.6 is 0 Å². The zero-order chi connectivity index (χ0) is 15.2. The Bertz CT molecular complexity index is 610. The van der Waals surface area contributed by atoms with E-state index in [-0.39, 0.29) is 9.80 Å². The van der Waals surface area contributed by atoms with Crippen molar-refractivity contribution in [2.75, 3.05) is 20.8 Å². The standard InChI is InChI=1S/C15H18O4S/c1-12(11-18-3)5-6-13(2)20(16,17)15-9-7-14(19-4)8-10-15/h5-10H,1-2,11H2,3-4H3/b6-5-. The Morgan fingerprint density at radius 2 is 1.75 bits per heavy atom. The Kier molecular flexibility index (Phi) is 5.73. The maximum absolute atomic E-state index is 12.2. The van der Waals surface area contributed by atoms with Crippen LogP contribution in [-0.4, -0.2) is 29.2 Å². The molecule has 0 atom stereocenters. The Balaban J connectivity index is 2.92. The topological polar surface area (TPSA) is 52.6 Å². The lowest BCUT2D eigenvalue weighted by Crippen LogP contribution is -2.02. The van der Waals surface area contributed by atoms with Gasteiger partial charge in [0.1, 0.15) is 5.75 Å². The summed E-state index contributed by atoms with van der Waals surface area (Å²) in [5, 5.41) is 0. The third kappa shape index (κ3) is 4.08. The van der Waals surface area contributed by atoms with Crippen LogP contribution in [0.2, 0.25) is 0 Å². The first-order valence-corrected chi connectivity index (χ1v) is 7.33. The van der Waals surface area contributed by atoms with E-state index in [1.807, 2.05) is 0 Å². The van der Waals surface area contributed by atoms with E-state index >= 15 is 0 Å². The number of hydrogen-bond acceptors (Lipinski definition) is 4. The highest BCUT2D eigenvalue weighted by Crippen LogP contribution is 2.21. The van der Waals surface area contributed by atoms with Gasteiger partial charge in [-0.2, -0.15) is 0 Å². The van der Waals surface area contributed by atoms with E-state index in [9.17, 15) is 8.42 Å². The maximum atomic E-state index is 12.2. The van der Waals surface area contributed by atoms with Crippen molar-refractivity contribution in [3.63, 3.8) is 0 Å². The average Bonchev–Trinajstić information content (AvgIpc) is 2.45. The molecule has 0 radical (unpaired) electrons. The van der Waals surface area contributed by atoms with Gasteiger partial charge in [0.05, 0.1) is 23.5 Å². The lowest BCUT2D eigenvalue weighted by Gasteiger charge is -2.05. The fourth-order valence-electron chi connectivity index (χ4n) is 1.44. The molecular formula is C15H18O4S. The second kappa shape index (κ2) is 7.07. The first kappa shape index (κ1) is 16.2. The number of sulfone groups is 1. The number of allylic oxidation sites excluding steroid dienone is 1. The van der Waals surface area contributed by atoms with Crippen molar-refractivity contribution < 1.29 is 17.9 Å². The summed E-state index contributed by atoms with van der Waals surface area (Å²) in [6.07, 6.45) is 2.99. The lowest BCUT2D eigenvalue weighted by molar-refractivity contribution is 0.228. The third-order valence-electron chi connectivity index (χ3n) is 2.55. The molecule has 1 aromatic rings. The van der Waals surface area contributed by atoms with E-state index in [0.717, 1.165) is 0 Å². The van der Waals surface area contributed by atoms with Gasteiger partial charge < -0.3 is 9.47 Å². The molecule has 20 heavy (non-hydrogen) atoms. The van der Waals surface area contributed by atoms with Crippen molar-refractivity contribution in [3.8, 4) is 5.75 Å². The molecule has 1 aromatic carbocycles. The van der Waals surface area contributed by atoms with Crippen molar-refractivity contribution in [2.45, 2.75) is 4.90 Å². The van der Waals surface area contributed by atoms with Crippen LogP contribution in [0.5, 0.6) is 5.75 Å². The van der Waals surface area contributed by atoms with Gasteiger partial charge in [0.15, 0.2) is 0 Å². The van der Waals surface area contributed by atoms with Crippen molar-refractivity contribution in [1.29, 1.82) is 0 Å². The van der Waals surface area contributed by atoms with Gasteiger partial charge in [-0.05, 0) is 35.9 Å². The summed E-state index contributed by atoms with van der Waals surface area (Å²) < 4.78 is 34.4. The normalized spacial score (nSPS) is 11.5. The number of rotatable bonds is 7. The molecule has 0 saturated carbocycles. The van der Waals surface area contributed by atoms with E-state index in [1.54, 1.807) is 25.3 Å². The summed E-state index contributed by atoms with van der Waals surface area (Å²) in [5.41, 5.74) is 0.665. The summed E-state index contributed by atoms with van der Waals surface area (Å²) in [4.78, 5) is 0.172. The van der Waals surface area contributed by atoms with Gasteiger partial charge >= 0.3 is 0 Å². The molecule has 108 valence electrons. The molecule has 0 amide bonds. The fraction of sp³-hybridized carbons (Fsp3) is 0.200. The van der Waals surface area contributed by atoms with Crippen LogP contribution in [0, 0.1) is 0 Å². The highest BCUT2D eigenvalue weighted by molar-refractivity contribution is 7.95. The summed E-state index contributed by atoms with van der Waals surface area (Å²) in [6, 6.07) is 6.15. The fourth-order valence-corrected chi connectivity index (χ4v) is 2.48. The van der Waals surface area contributed by atoms with Gasteiger partial charge in [0.25, 0.3) is 0 Å². The molecule has 0 N–H and O–H groups in total. The average molecular weight is 294 g/mol. The molecule has 4 nitrogen and oxygen atoms in total. The van der Waals surface area contributed by atoms with Crippen LogP contribution in [0.3, 0.4) is 0 Å². The summed E-state index contributed by atoms with van der Waals surface area (Å²) in [7, 11) is -0.529. The summed E-state index contributed by atoms with van der Waals surface area (Å²) in [5.74, 6) is 0.596. The van der Waals surface area contributed by atoms with E-state index in [2.05, 4.69) is 13.2 Å². The van der Waals surface area contributed by atoms with Gasteiger partial charge in [-0.1, -0.05) is 19.2 Å². The predicted octanol–water partition coefficient (Wildman–Crippen LogP) is 2.74. The van der Waals surface area contributed by atoms with E-state index in [4.69, 9.17) is 9.47 Å². The van der Waals surface area contributed by atoms with Crippen molar-refractivity contribution in [1.82, 2.24) is 0 Å². The largest absolute Gasteiger partial charge is 0.497 e. The predicted molar refractivity (Wildman–Crippen MR) is 79.5 cm³/mol. The molecule has 5 heteroatoms. The zero-order valence-corrected chi connectivity index (χ0v) is 12.4. The number of benzene rings is 1. The molecule has 0 aliphatic rings. The van der Waals surface area contributed by atoms with E-state index in [1.165, 1.54) is 25.3 Å². The van der Waals surface area contributed by atoms with Crippen molar-refractivity contribution in [3.05, 3.63) is 60.1 Å². The molecule has 0 aromatic heterocycles. The van der Waals surface area contributed by atoms with Gasteiger partial charge in [-0.15, -0.1) is 0 Å². The third-order valence-corrected chi connectivity index (χ3v) is 4.27. The molecule has 0 aliphatic carbocycles. The minimum absolute atomic E-state index is 0.0000742. The molecule has 0 fully saturated rings. The van der Waals surface area contributed by atoms with Crippen LogP contribution in [0.4, 0.5) is 0 Å². The van der Waals surface area contributed by atoms with Crippen LogP contribution in [0.25, 0.3) is 0 Å². The highest BCUT2D eigenvalue weighted by atomic mass is 32.2. The molecule has 0 heterocycles. The van der Waals surface area contributed by atoms with E-state index < -0.39 is 9.84 Å². The highest BCUT2D eigenvalue weighted by Gasteiger charge is 2.16. The Morgan fingerprint density at radius 3 is 2.25 bits per heavy atom. The minimum Gasteiger partial charge on any atom is -0.497 e. The maximum Gasteiger partial charge on any atom is 0.206 e. The zero-order valence-electron chi connectivity index (χ0n) is 11.6. The molecule has 0 aliphatic heterocycles. The number of hydrogen-bond donors (Lipinski definition) is 0. The Morgan fingerprint density at radius 1 is 1.15 bits per heavy atom. The van der Waals surface area contributed by atoms with Gasteiger partial charge in [-0.25, -0.2) is 8.42 Å².